The summed E-state index contributed by atoms with van der Waals surface area (Å²) in [7, 11) is 2.94. The summed E-state index contributed by atoms with van der Waals surface area (Å²) in [6.45, 7) is 7.19. The molecule has 0 unspecified atom stereocenters. The Labute approximate surface area is 223 Å². The first-order valence-corrected chi connectivity index (χ1v) is 11.9. The number of esters is 2. The Morgan fingerprint density at radius 3 is 1.69 bits per heavy atom. The van der Waals surface area contributed by atoms with E-state index in [9.17, 15) is 24.3 Å². The highest BCUT2D eigenvalue weighted by Gasteiger charge is 2.25. The standard InChI is InChI=1S/C14H14O6.C14H14O5/c1-4-19-14(17)11-7(2)10-8(13(15)16)5-6-9(18-3)12(10)20-11;1-4-18-14(16)12-8(2)11-9(7-15)5-6-10(17-3)13(11)19-12/h5-6H,4H2,1-3H3,(H,15,16);5-7H,4H2,1-3H3. The molecule has 2 aromatic heterocycles. The SMILES string of the molecule is CCOC(=O)c1oc2c(OC)ccc(C(=O)O)c2c1C.CCOC(=O)c1oc2c(OC)ccc(C=O)c2c1C. The second-order valence-corrected chi connectivity index (χ2v) is 8.06. The number of fused-ring (bicyclic) bond motifs is 2. The molecule has 0 aliphatic heterocycles. The number of carbonyl (C=O) groups is 4. The Bertz CT molecular complexity index is 1560. The highest BCUT2D eigenvalue weighted by Crippen LogP contribution is 2.36. The quantitative estimate of drug-likeness (QED) is 0.227. The van der Waals surface area contributed by atoms with E-state index in [-0.39, 0.29) is 35.9 Å². The van der Waals surface area contributed by atoms with E-state index < -0.39 is 17.9 Å². The maximum absolute atomic E-state index is 11.8. The highest BCUT2D eigenvalue weighted by atomic mass is 16.6. The molecule has 0 aliphatic rings. The van der Waals surface area contributed by atoms with E-state index in [1.54, 1.807) is 39.8 Å². The molecule has 4 aromatic rings. The number of carboxylic acid groups (broad SMARTS) is 1. The summed E-state index contributed by atoms with van der Waals surface area (Å²) in [6, 6.07) is 6.17. The zero-order valence-corrected chi connectivity index (χ0v) is 22.3. The predicted octanol–water partition coefficient (Wildman–Crippen LogP) is 5.36. The fraction of sp³-hybridized carbons (Fsp3) is 0.286. The number of hydrogen-bond acceptors (Lipinski definition) is 10. The number of carbonyl (C=O) groups excluding carboxylic acids is 3. The molecule has 0 saturated carbocycles. The van der Waals surface area contributed by atoms with Gasteiger partial charge in [-0.1, -0.05) is 0 Å². The number of carboxylic acids is 1. The van der Waals surface area contributed by atoms with Crippen LogP contribution in [0, 0.1) is 13.8 Å². The van der Waals surface area contributed by atoms with Gasteiger partial charge in [0, 0.05) is 27.5 Å². The topological polar surface area (TPSA) is 152 Å². The highest BCUT2D eigenvalue weighted by molar-refractivity contribution is 6.08. The summed E-state index contributed by atoms with van der Waals surface area (Å²) in [5.41, 5.74) is 2.12. The number of benzene rings is 2. The number of rotatable bonds is 8. The minimum Gasteiger partial charge on any atom is -0.493 e. The smallest absolute Gasteiger partial charge is 0.374 e. The molecule has 0 spiro atoms. The maximum Gasteiger partial charge on any atom is 0.374 e. The van der Waals surface area contributed by atoms with Crippen LogP contribution in [0.4, 0.5) is 0 Å². The van der Waals surface area contributed by atoms with E-state index in [2.05, 4.69) is 0 Å². The van der Waals surface area contributed by atoms with E-state index in [4.69, 9.17) is 27.8 Å². The molecule has 2 aromatic carbocycles. The molecule has 4 rings (SSSR count). The van der Waals surface area contributed by atoms with Crippen molar-refractivity contribution in [3.8, 4) is 11.5 Å². The van der Waals surface area contributed by atoms with Crippen LogP contribution in [-0.2, 0) is 9.47 Å². The molecule has 0 fully saturated rings. The number of aryl methyl sites for hydroxylation is 2. The van der Waals surface area contributed by atoms with Crippen LogP contribution in [0.2, 0.25) is 0 Å². The molecule has 39 heavy (non-hydrogen) atoms. The number of methoxy groups -OCH3 is 2. The molecule has 0 amide bonds. The normalized spacial score (nSPS) is 10.5. The lowest BCUT2D eigenvalue weighted by Gasteiger charge is -2.02. The first-order valence-electron chi connectivity index (χ1n) is 11.9. The predicted molar refractivity (Wildman–Crippen MR) is 139 cm³/mol. The van der Waals surface area contributed by atoms with Gasteiger partial charge >= 0.3 is 17.9 Å². The summed E-state index contributed by atoms with van der Waals surface area (Å²) in [6.07, 6.45) is 0.721. The van der Waals surface area contributed by atoms with Crippen LogP contribution in [0.1, 0.15) is 66.8 Å². The van der Waals surface area contributed by atoms with Crippen molar-refractivity contribution in [3.05, 3.63) is 58.0 Å². The van der Waals surface area contributed by atoms with Crippen molar-refractivity contribution >= 4 is 46.1 Å². The Morgan fingerprint density at radius 2 is 1.26 bits per heavy atom. The van der Waals surface area contributed by atoms with Gasteiger partial charge in [0.2, 0.25) is 11.5 Å². The zero-order valence-electron chi connectivity index (χ0n) is 22.3. The van der Waals surface area contributed by atoms with E-state index in [0.29, 0.717) is 44.5 Å². The van der Waals surface area contributed by atoms with Crippen LogP contribution in [0.25, 0.3) is 21.9 Å². The van der Waals surface area contributed by atoms with E-state index in [1.165, 1.54) is 26.4 Å². The van der Waals surface area contributed by atoms with Crippen LogP contribution in [-0.4, -0.2) is 56.7 Å². The van der Waals surface area contributed by atoms with E-state index in [0.717, 1.165) is 6.29 Å². The van der Waals surface area contributed by atoms with Gasteiger partial charge in [0.15, 0.2) is 29.0 Å². The Balaban J connectivity index is 0.000000216. The van der Waals surface area contributed by atoms with Gasteiger partial charge in [0.05, 0.1) is 33.0 Å². The molecule has 0 atom stereocenters. The first kappa shape index (κ1) is 28.8. The second-order valence-electron chi connectivity index (χ2n) is 8.06. The lowest BCUT2D eigenvalue weighted by Crippen LogP contribution is -2.04. The summed E-state index contributed by atoms with van der Waals surface area (Å²) in [5.74, 6) is -1.34. The Kier molecular flexibility index (Phi) is 8.97. The van der Waals surface area contributed by atoms with Crippen molar-refractivity contribution in [2.24, 2.45) is 0 Å². The fourth-order valence-corrected chi connectivity index (χ4v) is 4.07. The monoisotopic (exact) mass is 540 g/mol. The molecule has 0 radical (unpaired) electrons. The molecular formula is C28H28O11. The average Bonchev–Trinajstić information content (AvgIpc) is 3.46. The van der Waals surface area contributed by atoms with Gasteiger partial charge in [-0.15, -0.1) is 0 Å². The Morgan fingerprint density at radius 1 is 0.795 bits per heavy atom. The van der Waals surface area contributed by atoms with Gasteiger partial charge in [0.1, 0.15) is 0 Å². The van der Waals surface area contributed by atoms with Gasteiger partial charge in [0.25, 0.3) is 0 Å². The molecule has 0 saturated heterocycles. The Hall–Kier alpha value is -4.80. The van der Waals surface area contributed by atoms with Crippen molar-refractivity contribution in [3.63, 3.8) is 0 Å². The van der Waals surface area contributed by atoms with Crippen molar-refractivity contribution in [1.82, 2.24) is 0 Å². The zero-order chi connectivity index (χ0) is 28.9. The van der Waals surface area contributed by atoms with Crippen LogP contribution in [0.3, 0.4) is 0 Å². The van der Waals surface area contributed by atoms with Crippen molar-refractivity contribution in [2.75, 3.05) is 27.4 Å². The third-order valence-corrected chi connectivity index (χ3v) is 5.83. The maximum atomic E-state index is 11.8. The summed E-state index contributed by atoms with van der Waals surface area (Å²) in [4.78, 5) is 46.0. The molecular weight excluding hydrogens is 512 g/mol. The van der Waals surface area contributed by atoms with Crippen LogP contribution in [0.5, 0.6) is 11.5 Å². The average molecular weight is 541 g/mol. The number of aldehydes is 1. The van der Waals surface area contributed by atoms with Crippen LogP contribution in [0.15, 0.2) is 33.1 Å². The molecule has 1 N–H and O–H groups in total. The lowest BCUT2D eigenvalue weighted by molar-refractivity contribution is 0.0482. The molecule has 11 nitrogen and oxygen atoms in total. The van der Waals surface area contributed by atoms with Gasteiger partial charge in [-0.2, -0.15) is 0 Å². The van der Waals surface area contributed by atoms with Gasteiger partial charge < -0.3 is 32.9 Å². The fourth-order valence-electron chi connectivity index (χ4n) is 4.07. The third-order valence-electron chi connectivity index (χ3n) is 5.83. The molecule has 0 aliphatic carbocycles. The van der Waals surface area contributed by atoms with Crippen LogP contribution < -0.4 is 9.47 Å². The van der Waals surface area contributed by atoms with Crippen molar-refractivity contribution in [1.29, 1.82) is 0 Å². The van der Waals surface area contributed by atoms with Gasteiger partial charge in [-0.3, -0.25) is 4.79 Å². The van der Waals surface area contributed by atoms with Crippen molar-refractivity contribution < 1.29 is 52.1 Å². The number of furan rings is 2. The molecule has 206 valence electrons. The summed E-state index contributed by atoms with van der Waals surface area (Å²) >= 11 is 0. The number of aromatic carboxylic acids is 1. The van der Waals surface area contributed by atoms with Crippen molar-refractivity contribution in [2.45, 2.75) is 27.7 Å². The molecule has 0 bridgehead atoms. The van der Waals surface area contributed by atoms with E-state index in [1.807, 2.05) is 0 Å². The lowest BCUT2D eigenvalue weighted by atomic mass is 10.1. The second kappa shape index (κ2) is 12.2. The van der Waals surface area contributed by atoms with Gasteiger partial charge in [-0.25, -0.2) is 14.4 Å². The number of ether oxygens (including phenoxy) is 4. The summed E-state index contributed by atoms with van der Waals surface area (Å²) < 4.78 is 31.1. The molecule has 2 heterocycles. The number of hydrogen-bond donors (Lipinski definition) is 1. The van der Waals surface area contributed by atoms with Crippen LogP contribution >= 0.6 is 0 Å². The van der Waals surface area contributed by atoms with Gasteiger partial charge in [-0.05, 0) is 52.0 Å². The minimum atomic E-state index is -1.10. The molecule has 11 heteroatoms. The third kappa shape index (κ3) is 5.42. The first-order chi connectivity index (χ1) is 18.6. The largest absolute Gasteiger partial charge is 0.493 e. The minimum absolute atomic E-state index is 0.00569. The summed E-state index contributed by atoms with van der Waals surface area (Å²) in [5, 5.41) is 10.2. The van der Waals surface area contributed by atoms with E-state index >= 15 is 0 Å².